The van der Waals surface area contributed by atoms with Crippen LogP contribution in [0, 0.1) is 0 Å². The Morgan fingerprint density at radius 1 is 1.07 bits per heavy atom. The number of nitrogens with zero attached hydrogens (tertiary/aromatic N) is 1. The summed E-state index contributed by atoms with van der Waals surface area (Å²) in [7, 11) is 0. The number of allylic oxidation sites excluding steroid dienone is 2. The number of primary amides is 1. The molecule has 2 saturated heterocycles. The third kappa shape index (κ3) is 4.17. The first-order valence-corrected chi connectivity index (χ1v) is 10.7. The fourth-order valence-electron chi connectivity index (χ4n) is 4.92. The lowest BCUT2D eigenvalue weighted by Gasteiger charge is -2.43. The molecule has 2 aliphatic heterocycles. The van der Waals surface area contributed by atoms with Gasteiger partial charge in [-0.1, -0.05) is 18.2 Å². The average Bonchev–Trinajstić information content (AvgIpc) is 2.75. The largest absolute Gasteiger partial charge is 0.381 e. The lowest BCUT2D eigenvalue weighted by Crippen LogP contribution is -2.48. The SMILES string of the molecule is NC(=O)c1ccc(C2(CN3CCOCC3)CCOCC2)cc1C1=CCCCC1. The van der Waals surface area contributed by atoms with Crippen LogP contribution in [0.25, 0.3) is 5.57 Å². The summed E-state index contributed by atoms with van der Waals surface area (Å²) in [5, 5.41) is 0. The number of hydrogen-bond donors (Lipinski definition) is 1. The summed E-state index contributed by atoms with van der Waals surface area (Å²) in [6.45, 7) is 6.20. The molecule has 3 aliphatic rings. The van der Waals surface area contributed by atoms with E-state index in [4.69, 9.17) is 15.2 Å². The number of hydrogen-bond acceptors (Lipinski definition) is 4. The normalized spacial score (nSPS) is 23.2. The number of carbonyl (C=O) groups is 1. The van der Waals surface area contributed by atoms with Crippen LogP contribution in [0.4, 0.5) is 0 Å². The molecule has 0 atom stereocenters. The van der Waals surface area contributed by atoms with Crippen molar-refractivity contribution in [3.05, 3.63) is 41.0 Å². The zero-order chi connectivity index (χ0) is 19.4. The van der Waals surface area contributed by atoms with Gasteiger partial charge in [0.25, 0.3) is 0 Å². The van der Waals surface area contributed by atoms with Crippen LogP contribution < -0.4 is 5.73 Å². The number of carbonyl (C=O) groups excluding carboxylic acids is 1. The first-order valence-electron chi connectivity index (χ1n) is 10.7. The maximum atomic E-state index is 12.1. The molecule has 5 nitrogen and oxygen atoms in total. The van der Waals surface area contributed by atoms with E-state index in [1.165, 1.54) is 24.0 Å². The maximum Gasteiger partial charge on any atom is 0.249 e. The first kappa shape index (κ1) is 19.6. The van der Waals surface area contributed by atoms with Gasteiger partial charge >= 0.3 is 0 Å². The van der Waals surface area contributed by atoms with Gasteiger partial charge in [0.05, 0.1) is 13.2 Å². The number of rotatable bonds is 5. The van der Waals surface area contributed by atoms with Crippen molar-refractivity contribution in [2.45, 2.75) is 43.9 Å². The third-order valence-electron chi connectivity index (χ3n) is 6.61. The van der Waals surface area contributed by atoms with Crippen molar-refractivity contribution in [1.82, 2.24) is 4.90 Å². The number of benzene rings is 1. The van der Waals surface area contributed by atoms with Crippen LogP contribution in [0.15, 0.2) is 24.3 Å². The fourth-order valence-corrected chi connectivity index (χ4v) is 4.92. The zero-order valence-corrected chi connectivity index (χ0v) is 16.8. The van der Waals surface area contributed by atoms with E-state index in [1.54, 1.807) is 0 Å². The average molecular weight is 385 g/mol. The molecule has 2 fully saturated rings. The molecule has 28 heavy (non-hydrogen) atoms. The summed E-state index contributed by atoms with van der Waals surface area (Å²) in [6, 6.07) is 6.36. The molecule has 2 N–H and O–H groups in total. The fraction of sp³-hybridized carbons (Fsp3) is 0.609. The van der Waals surface area contributed by atoms with Gasteiger partial charge in [-0.05, 0) is 61.3 Å². The predicted molar refractivity (Wildman–Crippen MR) is 110 cm³/mol. The molecule has 0 unspecified atom stereocenters. The monoisotopic (exact) mass is 384 g/mol. The van der Waals surface area contributed by atoms with Crippen LogP contribution in [0.5, 0.6) is 0 Å². The van der Waals surface area contributed by atoms with Crippen LogP contribution >= 0.6 is 0 Å². The Labute approximate surface area is 167 Å². The Morgan fingerprint density at radius 3 is 2.50 bits per heavy atom. The summed E-state index contributed by atoms with van der Waals surface area (Å²) in [5.41, 5.74) is 10.1. The van der Waals surface area contributed by atoms with Gasteiger partial charge in [-0.2, -0.15) is 0 Å². The minimum absolute atomic E-state index is 0.0652. The van der Waals surface area contributed by atoms with E-state index in [2.05, 4.69) is 23.1 Å². The molecular weight excluding hydrogens is 352 g/mol. The van der Waals surface area contributed by atoms with E-state index in [0.29, 0.717) is 5.56 Å². The van der Waals surface area contributed by atoms with Gasteiger partial charge in [0.1, 0.15) is 0 Å². The van der Waals surface area contributed by atoms with Crippen molar-refractivity contribution in [3.8, 4) is 0 Å². The molecule has 152 valence electrons. The van der Waals surface area contributed by atoms with Gasteiger partial charge < -0.3 is 15.2 Å². The molecule has 0 spiro atoms. The molecule has 5 heteroatoms. The van der Waals surface area contributed by atoms with Crippen molar-refractivity contribution < 1.29 is 14.3 Å². The quantitative estimate of drug-likeness (QED) is 0.847. The number of nitrogens with two attached hydrogens (primary N) is 1. The molecule has 0 bridgehead atoms. The molecule has 2 heterocycles. The molecule has 1 amide bonds. The van der Waals surface area contributed by atoms with E-state index in [-0.39, 0.29) is 11.3 Å². The highest BCUT2D eigenvalue weighted by Gasteiger charge is 2.37. The highest BCUT2D eigenvalue weighted by Crippen LogP contribution is 2.39. The smallest absolute Gasteiger partial charge is 0.249 e. The van der Waals surface area contributed by atoms with Gasteiger partial charge in [-0.3, -0.25) is 9.69 Å². The van der Waals surface area contributed by atoms with Gasteiger partial charge in [-0.25, -0.2) is 0 Å². The van der Waals surface area contributed by atoms with Gasteiger partial charge in [0.15, 0.2) is 0 Å². The molecule has 1 aliphatic carbocycles. The second-order valence-corrected chi connectivity index (χ2v) is 8.38. The summed E-state index contributed by atoms with van der Waals surface area (Å²) < 4.78 is 11.3. The van der Waals surface area contributed by atoms with Crippen molar-refractivity contribution >= 4 is 11.5 Å². The predicted octanol–water partition coefficient (Wildman–Crippen LogP) is 3.12. The number of ether oxygens (including phenoxy) is 2. The lowest BCUT2D eigenvalue weighted by molar-refractivity contribution is -0.00120. The van der Waals surface area contributed by atoms with Gasteiger partial charge in [0, 0.05) is 43.8 Å². The van der Waals surface area contributed by atoms with Gasteiger partial charge in [-0.15, -0.1) is 0 Å². The maximum absolute atomic E-state index is 12.1. The van der Waals surface area contributed by atoms with Crippen LogP contribution in [0.1, 0.15) is 60.0 Å². The Morgan fingerprint density at radius 2 is 1.82 bits per heavy atom. The summed E-state index contributed by atoms with van der Waals surface area (Å²) >= 11 is 0. The Kier molecular flexibility index (Phi) is 6.14. The van der Waals surface area contributed by atoms with Crippen LogP contribution in [0.2, 0.25) is 0 Å². The van der Waals surface area contributed by atoms with E-state index in [0.717, 1.165) is 77.3 Å². The third-order valence-corrected chi connectivity index (χ3v) is 6.61. The van der Waals surface area contributed by atoms with Crippen LogP contribution in [0.3, 0.4) is 0 Å². The zero-order valence-electron chi connectivity index (χ0n) is 16.8. The molecule has 0 radical (unpaired) electrons. The summed E-state index contributed by atoms with van der Waals surface area (Å²) in [6.07, 6.45) is 8.85. The summed E-state index contributed by atoms with van der Waals surface area (Å²) in [5.74, 6) is -0.331. The standard InChI is InChI=1S/C23H32N2O3/c24-22(26)20-7-6-19(16-21(20)18-4-2-1-3-5-18)23(8-12-27-13-9-23)17-25-10-14-28-15-11-25/h4,6-7,16H,1-3,5,8-15,17H2,(H2,24,26). The molecule has 1 aromatic carbocycles. The Bertz CT molecular complexity index is 731. The minimum atomic E-state index is -0.331. The Balaban J connectivity index is 1.71. The van der Waals surface area contributed by atoms with Crippen LogP contribution in [-0.2, 0) is 14.9 Å². The van der Waals surface area contributed by atoms with Crippen molar-refractivity contribution in [3.63, 3.8) is 0 Å². The molecule has 1 aromatic rings. The second kappa shape index (κ2) is 8.76. The second-order valence-electron chi connectivity index (χ2n) is 8.38. The molecule has 4 rings (SSSR count). The molecule has 0 aromatic heterocycles. The molecule has 0 saturated carbocycles. The minimum Gasteiger partial charge on any atom is -0.381 e. The van der Waals surface area contributed by atoms with E-state index in [9.17, 15) is 4.79 Å². The Hall–Kier alpha value is -1.69. The van der Waals surface area contributed by atoms with Crippen molar-refractivity contribution in [2.75, 3.05) is 46.1 Å². The molecular formula is C23H32N2O3. The van der Waals surface area contributed by atoms with Crippen molar-refractivity contribution in [2.24, 2.45) is 5.73 Å². The number of amides is 1. The van der Waals surface area contributed by atoms with E-state index < -0.39 is 0 Å². The van der Waals surface area contributed by atoms with E-state index in [1.807, 2.05) is 6.07 Å². The first-order chi connectivity index (χ1) is 13.7. The topological polar surface area (TPSA) is 64.8 Å². The number of morpholine rings is 1. The van der Waals surface area contributed by atoms with Gasteiger partial charge in [0.2, 0.25) is 5.91 Å². The van der Waals surface area contributed by atoms with Crippen molar-refractivity contribution in [1.29, 1.82) is 0 Å². The highest BCUT2D eigenvalue weighted by atomic mass is 16.5. The van der Waals surface area contributed by atoms with Crippen LogP contribution in [-0.4, -0.2) is 56.9 Å². The summed E-state index contributed by atoms with van der Waals surface area (Å²) in [4.78, 5) is 14.6. The van der Waals surface area contributed by atoms with E-state index >= 15 is 0 Å². The lowest BCUT2D eigenvalue weighted by atomic mass is 9.72. The highest BCUT2D eigenvalue weighted by molar-refractivity contribution is 5.98.